The van der Waals surface area contributed by atoms with E-state index >= 15 is 0 Å². The molecule has 1 N–H and O–H groups in total. The fraction of sp³-hybridized carbons (Fsp3) is 0.200. The van der Waals surface area contributed by atoms with E-state index in [0.717, 1.165) is 0 Å². The first-order chi connectivity index (χ1) is 12.4. The van der Waals surface area contributed by atoms with E-state index in [2.05, 4.69) is 0 Å². The molecule has 3 aromatic rings. The van der Waals surface area contributed by atoms with E-state index in [1.54, 1.807) is 50.2 Å². The zero-order valence-electron chi connectivity index (χ0n) is 14.2. The van der Waals surface area contributed by atoms with Crippen LogP contribution in [0.1, 0.15) is 13.8 Å². The van der Waals surface area contributed by atoms with Crippen molar-refractivity contribution in [1.29, 1.82) is 0 Å². The molecule has 6 heteroatoms. The maximum absolute atomic E-state index is 12.7. The molecule has 134 valence electrons. The normalized spacial score (nSPS) is 12.3. The average Bonchev–Trinajstić information content (AvgIpc) is 2.60. The van der Waals surface area contributed by atoms with Gasteiger partial charge in [0.1, 0.15) is 17.6 Å². The Morgan fingerprint density at radius 2 is 1.85 bits per heavy atom. The Balaban J connectivity index is 2.00. The maximum atomic E-state index is 12.7. The van der Waals surface area contributed by atoms with Gasteiger partial charge in [0, 0.05) is 17.0 Å². The summed E-state index contributed by atoms with van der Waals surface area (Å²) < 4.78 is 11.1. The molecule has 5 nitrogen and oxygen atoms in total. The van der Waals surface area contributed by atoms with Gasteiger partial charge in [-0.05, 0) is 29.8 Å². The van der Waals surface area contributed by atoms with Gasteiger partial charge in [0.2, 0.25) is 0 Å². The number of carboxylic acid groups (broad SMARTS) is 1. The highest BCUT2D eigenvalue weighted by atomic mass is 35.5. The third-order valence-electron chi connectivity index (χ3n) is 4.01. The number of carboxylic acids is 1. The van der Waals surface area contributed by atoms with E-state index in [0.29, 0.717) is 32.9 Å². The van der Waals surface area contributed by atoms with Crippen molar-refractivity contribution < 1.29 is 19.1 Å². The smallest absolute Gasteiger partial charge is 0.345 e. The molecular weight excluding hydrogens is 356 g/mol. The largest absolute Gasteiger partial charge is 0.478 e. The van der Waals surface area contributed by atoms with Crippen LogP contribution in [0.25, 0.3) is 22.1 Å². The van der Waals surface area contributed by atoms with Gasteiger partial charge in [-0.1, -0.05) is 37.6 Å². The molecule has 0 spiro atoms. The van der Waals surface area contributed by atoms with Gasteiger partial charge in [0.15, 0.2) is 11.5 Å². The lowest BCUT2D eigenvalue weighted by Crippen LogP contribution is -2.32. The minimum Gasteiger partial charge on any atom is -0.478 e. The van der Waals surface area contributed by atoms with E-state index in [4.69, 9.17) is 20.8 Å². The van der Waals surface area contributed by atoms with E-state index in [9.17, 15) is 14.7 Å². The highest BCUT2D eigenvalue weighted by Crippen LogP contribution is 2.25. The van der Waals surface area contributed by atoms with Crippen molar-refractivity contribution >= 4 is 28.5 Å². The number of fused-ring (bicyclic) bond motifs is 1. The van der Waals surface area contributed by atoms with Gasteiger partial charge in [0.05, 0.1) is 10.9 Å². The molecule has 2 aromatic carbocycles. The van der Waals surface area contributed by atoms with Crippen LogP contribution in [-0.2, 0) is 4.79 Å². The second-order valence-electron chi connectivity index (χ2n) is 6.26. The quantitative estimate of drug-likeness (QED) is 0.708. The molecule has 0 aliphatic heterocycles. The summed E-state index contributed by atoms with van der Waals surface area (Å²) in [5.41, 5.74) is 1.28. The standard InChI is InChI=1S/C20H17ClO5/c1-11(2)19(20(23)24)26-14-7-8-15-17(9-14)25-10-16(18(15)22)12-3-5-13(21)6-4-12/h3-11,19H,1-2H3,(H,23,24). The highest BCUT2D eigenvalue weighted by Gasteiger charge is 2.23. The molecule has 0 saturated heterocycles. The van der Waals surface area contributed by atoms with Crippen molar-refractivity contribution in [3.8, 4) is 16.9 Å². The molecule has 0 bridgehead atoms. The van der Waals surface area contributed by atoms with Crippen LogP contribution in [-0.4, -0.2) is 17.2 Å². The highest BCUT2D eigenvalue weighted by molar-refractivity contribution is 6.30. The van der Waals surface area contributed by atoms with Crippen molar-refractivity contribution in [2.45, 2.75) is 20.0 Å². The molecule has 3 rings (SSSR count). The summed E-state index contributed by atoms with van der Waals surface area (Å²) in [5, 5.41) is 10.2. The molecule has 1 aromatic heterocycles. The second-order valence-corrected chi connectivity index (χ2v) is 6.70. The summed E-state index contributed by atoms with van der Waals surface area (Å²) >= 11 is 5.88. The molecule has 1 atom stereocenters. The van der Waals surface area contributed by atoms with Gasteiger partial charge < -0.3 is 14.3 Å². The molecule has 0 radical (unpaired) electrons. The van der Waals surface area contributed by atoms with E-state index in [-0.39, 0.29) is 11.3 Å². The Hall–Kier alpha value is -2.79. The van der Waals surface area contributed by atoms with Crippen LogP contribution >= 0.6 is 11.6 Å². The second kappa shape index (κ2) is 7.22. The average molecular weight is 373 g/mol. The zero-order chi connectivity index (χ0) is 18.8. The van der Waals surface area contributed by atoms with Gasteiger partial charge in [-0.15, -0.1) is 0 Å². The number of carbonyl (C=O) groups is 1. The SMILES string of the molecule is CC(C)C(Oc1ccc2c(=O)c(-c3ccc(Cl)cc3)coc2c1)C(=O)O. The lowest BCUT2D eigenvalue weighted by Gasteiger charge is -2.18. The maximum Gasteiger partial charge on any atom is 0.345 e. The fourth-order valence-corrected chi connectivity index (χ4v) is 2.75. The van der Waals surface area contributed by atoms with Gasteiger partial charge in [-0.2, -0.15) is 0 Å². The van der Waals surface area contributed by atoms with Crippen LogP contribution in [0.5, 0.6) is 5.75 Å². The molecule has 0 amide bonds. The van der Waals surface area contributed by atoms with Crippen molar-refractivity contribution in [1.82, 2.24) is 0 Å². The number of ether oxygens (including phenoxy) is 1. The Morgan fingerprint density at radius 1 is 1.15 bits per heavy atom. The monoisotopic (exact) mass is 372 g/mol. The molecule has 0 fully saturated rings. The van der Waals surface area contributed by atoms with Gasteiger partial charge in [0.25, 0.3) is 0 Å². The molecule has 1 unspecified atom stereocenters. The topological polar surface area (TPSA) is 76.7 Å². The molecule has 0 saturated carbocycles. The number of hydrogen-bond acceptors (Lipinski definition) is 4. The van der Waals surface area contributed by atoms with Crippen LogP contribution in [0.2, 0.25) is 5.02 Å². The minimum atomic E-state index is -1.04. The summed E-state index contributed by atoms with van der Waals surface area (Å²) in [5.74, 6) is -0.914. The van der Waals surface area contributed by atoms with Crippen LogP contribution in [0, 0.1) is 5.92 Å². The Bertz CT molecular complexity index is 1000. The van der Waals surface area contributed by atoms with Gasteiger partial charge >= 0.3 is 5.97 Å². The number of aliphatic carboxylic acids is 1. The van der Waals surface area contributed by atoms with Crippen LogP contribution in [0.15, 0.2) is 57.9 Å². The summed E-state index contributed by atoms with van der Waals surface area (Å²) in [6.45, 7) is 3.52. The summed E-state index contributed by atoms with van der Waals surface area (Å²) in [7, 11) is 0. The van der Waals surface area contributed by atoms with Gasteiger partial charge in [-0.25, -0.2) is 4.79 Å². The van der Waals surface area contributed by atoms with Crippen molar-refractivity contribution in [2.24, 2.45) is 5.92 Å². The Morgan fingerprint density at radius 3 is 2.46 bits per heavy atom. The molecule has 26 heavy (non-hydrogen) atoms. The number of rotatable bonds is 5. The van der Waals surface area contributed by atoms with Crippen LogP contribution < -0.4 is 10.2 Å². The van der Waals surface area contributed by atoms with Crippen molar-refractivity contribution in [3.05, 3.63) is 64.0 Å². The van der Waals surface area contributed by atoms with E-state index in [1.165, 1.54) is 12.3 Å². The molecule has 0 aliphatic rings. The number of hydrogen-bond donors (Lipinski definition) is 1. The fourth-order valence-electron chi connectivity index (χ4n) is 2.63. The Labute approximate surface area is 154 Å². The first kappa shape index (κ1) is 18.0. The number of halogens is 1. The third-order valence-corrected chi connectivity index (χ3v) is 4.27. The van der Waals surface area contributed by atoms with E-state index in [1.807, 2.05) is 0 Å². The summed E-state index contributed by atoms with van der Waals surface area (Å²) in [6.07, 6.45) is 0.405. The minimum absolute atomic E-state index is 0.182. The van der Waals surface area contributed by atoms with Crippen molar-refractivity contribution in [2.75, 3.05) is 0 Å². The lowest BCUT2D eigenvalue weighted by molar-refractivity contribution is -0.147. The predicted octanol–water partition coefficient (Wildman–Crippen LogP) is 4.60. The number of benzene rings is 2. The van der Waals surface area contributed by atoms with Crippen molar-refractivity contribution in [3.63, 3.8) is 0 Å². The van der Waals surface area contributed by atoms with E-state index < -0.39 is 12.1 Å². The molecule has 0 aliphatic carbocycles. The molecule has 1 heterocycles. The van der Waals surface area contributed by atoms with Crippen LogP contribution in [0.3, 0.4) is 0 Å². The van der Waals surface area contributed by atoms with Gasteiger partial charge in [-0.3, -0.25) is 4.79 Å². The summed E-state index contributed by atoms with van der Waals surface area (Å²) in [4.78, 5) is 24.0. The first-order valence-corrected chi connectivity index (χ1v) is 8.45. The van der Waals surface area contributed by atoms with Crippen LogP contribution in [0.4, 0.5) is 0 Å². The zero-order valence-corrected chi connectivity index (χ0v) is 15.0. The summed E-state index contributed by atoms with van der Waals surface area (Å²) in [6, 6.07) is 11.6. The Kier molecular flexibility index (Phi) is 5.00. The first-order valence-electron chi connectivity index (χ1n) is 8.08. The molecular formula is C20H17ClO5. The predicted molar refractivity (Wildman–Crippen MR) is 99.8 cm³/mol. The third kappa shape index (κ3) is 3.58. The lowest BCUT2D eigenvalue weighted by atomic mass is 10.1.